The van der Waals surface area contributed by atoms with Crippen LogP contribution in [-0.4, -0.2) is 24.5 Å². The standard InChI is InChI=1S/C11H13F3N2/c12-9-1-2-10(15-7-9)16-5-3-8(4-6-16)11(13)14/h1-2,7-8,11H,3-6H2. The van der Waals surface area contributed by atoms with Crippen LogP contribution in [0.2, 0.25) is 0 Å². The molecule has 5 heteroatoms. The predicted octanol–water partition coefficient (Wildman–Crippen LogP) is 2.70. The molecule has 1 saturated heterocycles. The highest BCUT2D eigenvalue weighted by Crippen LogP contribution is 2.25. The third-order valence-corrected chi connectivity index (χ3v) is 2.93. The Hall–Kier alpha value is -1.26. The lowest BCUT2D eigenvalue weighted by Gasteiger charge is -2.32. The minimum Gasteiger partial charge on any atom is -0.357 e. The molecule has 0 spiro atoms. The van der Waals surface area contributed by atoms with Gasteiger partial charge in [0.05, 0.1) is 6.20 Å². The molecule has 1 aromatic heterocycles. The van der Waals surface area contributed by atoms with Crippen LogP contribution in [0.1, 0.15) is 12.8 Å². The second-order valence-corrected chi connectivity index (χ2v) is 3.99. The molecule has 1 aromatic rings. The molecular formula is C11H13F3N2. The molecule has 0 aromatic carbocycles. The van der Waals surface area contributed by atoms with Gasteiger partial charge in [-0.05, 0) is 25.0 Å². The normalized spacial score (nSPS) is 18.1. The molecule has 2 rings (SSSR count). The van der Waals surface area contributed by atoms with E-state index in [9.17, 15) is 13.2 Å². The molecule has 0 saturated carbocycles. The van der Waals surface area contributed by atoms with E-state index in [0.717, 1.165) is 6.20 Å². The fraction of sp³-hybridized carbons (Fsp3) is 0.545. The van der Waals surface area contributed by atoms with E-state index in [1.165, 1.54) is 6.07 Å². The first kappa shape index (κ1) is 11.2. The summed E-state index contributed by atoms with van der Waals surface area (Å²) in [7, 11) is 0. The van der Waals surface area contributed by atoms with Crippen molar-refractivity contribution in [2.75, 3.05) is 18.0 Å². The van der Waals surface area contributed by atoms with Crippen LogP contribution in [0.15, 0.2) is 18.3 Å². The largest absolute Gasteiger partial charge is 0.357 e. The predicted molar refractivity (Wildman–Crippen MR) is 55.1 cm³/mol. The Kier molecular flexibility index (Phi) is 3.31. The number of nitrogens with zero attached hydrogens (tertiary/aromatic N) is 2. The van der Waals surface area contributed by atoms with Crippen molar-refractivity contribution in [1.29, 1.82) is 0 Å². The summed E-state index contributed by atoms with van der Waals surface area (Å²) >= 11 is 0. The van der Waals surface area contributed by atoms with Crippen LogP contribution in [-0.2, 0) is 0 Å². The first-order valence-electron chi connectivity index (χ1n) is 5.31. The van der Waals surface area contributed by atoms with Crippen LogP contribution >= 0.6 is 0 Å². The average Bonchev–Trinajstić information content (AvgIpc) is 2.30. The van der Waals surface area contributed by atoms with Gasteiger partial charge in [-0.1, -0.05) is 0 Å². The summed E-state index contributed by atoms with van der Waals surface area (Å²) in [6.07, 6.45) is -0.148. The summed E-state index contributed by atoms with van der Waals surface area (Å²) in [6, 6.07) is 2.92. The van der Waals surface area contributed by atoms with Crippen molar-refractivity contribution in [3.8, 4) is 0 Å². The molecule has 2 heterocycles. The van der Waals surface area contributed by atoms with Crippen LogP contribution < -0.4 is 4.90 Å². The maximum absolute atomic E-state index is 12.6. The zero-order chi connectivity index (χ0) is 11.5. The lowest BCUT2D eigenvalue weighted by molar-refractivity contribution is 0.0635. The fourth-order valence-corrected chi connectivity index (χ4v) is 1.94. The van der Waals surface area contributed by atoms with Crippen LogP contribution in [0, 0.1) is 11.7 Å². The maximum atomic E-state index is 12.6. The van der Waals surface area contributed by atoms with E-state index < -0.39 is 12.3 Å². The summed E-state index contributed by atoms with van der Waals surface area (Å²) in [5.41, 5.74) is 0. The molecule has 1 aliphatic heterocycles. The first-order valence-corrected chi connectivity index (χ1v) is 5.31. The van der Waals surface area contributed by atoms with E-state index in [-0.39, 0.29) is 5.82 Å². The van der Waals surface area contributed by atoms with Crippen LogP contribution in [0.25, 0.3) is 0 Å². The van der Waals surface area contributed by atoms with Crippen molar-refractivity contribution in [2.45, 2.75) is 19.3 Å². The number of pyridine rings is 1. The number of halogens is 3. The summed E-state index contributed by atoms with van der Waals surface area (Å²) in [6.45, 7) is 1.13. The Labute approximate surface area is 92.1 Å². The maximum Gasteiger partial charge on any atom is 0.241 e. The molecule has 0 bridgehead atoms. The summed E-state index contributed by atoms with van der Waals surface area (Å²) in [5, 5.41) is 0. The van der Waals surface area contributed by atoms with E-state index in [4.69, 9.17) is 0 Å². The third-order valence-electron chi connectivity index (χ3n) is 2.93. The molecule has 1 aliphatic rings. The summed E-state index contributed by atoms with van der Waals surface area (Å²) in [5.74, 6) is -0.225. The first-order chi connectivity index (χ1) is 7.66. The smallest absolute Gasteiger partial charge is 0.241 e. The zero-order valence-electron chi connectivity index (χ0n) is 8.74. The molecule has 0 unspecified atom stereocenters. The van der Waals surface area contributed by atoms with E-state index in [2.05, 4.69) is 4.98 Å². The van der Waals surface area contributed by atoms with Crippen molar-refractivity contribution < 1.29 is 13.2 Å². The van der Waals surface area contributed by atoms with Gasteiger partial charge in [0.25, 0.3) is 0 Å². The third kappa shape index (κ3) is 2.46. The van der Waals surface area contributed by atoms with Gasteiger partial charge in [0.1, 0.15) is 11.6 Å². The Morgan fingerprint density at radius 2 is 1.94 bits per heavy atom. The van der Waals surface area contributed by atoms with Gasteiger partial charge in [-0.3, -0.25) is 0 Å². The number of aromatic nitrogens is 1. The molecule has 0 atom stereocenters. The highest BCUT2D eigenvalue weighted by atomic mass is 19.3. The number of rotatable bonds is 2. The highest BCUT2D eigenvalue weighted by molar-refractivity contribution is 5.38. The highest BCUT2D eigenvalue weighted by Gasteiger charge is 2.26. The minimum atomic E-state index is -2.23. The van der Waals surface area contributed by atoms with Gasteiger partial charge >= 0.3 is 0 Å². The number of piperidine rings is 1. The zero-order valence-corrected chi connectivity index (χ0v) is 8.74. The van der Waals surface area contributed by atoms with Gasteiger partial charge < -0.3 is 4.90 Å². The second-order valence-electron chi connectivity index (χ2n) is 3.99. The molecule has 0 aliphatic carbocycles. The van der Waals surface area contributed by atoms with E-state index in [0.29, 0.717) is 31.7 Å². The monoisotopic (exact) mass is 230 g/mol. The quantitative estimate of drug-likeness (QED) is 0.776. The lowest BCUT2D eigenvalue weighted by Crippen LogP contribution is -2.36. The van der Waals surface area contributed by atoms with Crippen molar-refractivity contribution in [2.24, 2.45) is 5.92 Å². The van der Waals surface area contributed by atoms with E-state index >= 15 is 0 Å². The Bertz CT molecular complexity index is 332. The number of anilines is 1. The van der Waals surface area contributed by atoms with Crippen molar-refractivity contribution in [3.05, 3.63) is 24.1 Å². The minimum absolute atomic E-state index is 0.383. The van der Waals surface area contributed by atoms with Crippen molar-refractivity contribution >= 4 is 5.82 Å². The van der Waals surface area contributed by atoms with Crippen molar-refractivity contribution in [1.82, 2.24) is 4.98 Å². The van der Waals surface area contributed by atoms with Gasteiger partial charge in [0, 0.05) is 19.0 Å². The molecule has 16 heavy (non-hydrogen) atoms. The van der Waals surface area contributed by atoms with Crippen molar-refractivity contribution in [3.63, 3.8) is 0 Å². The van der Waals surface area contributed by atoms with Gasteiger partial charge in [-0.15, -0.1) is 0 Å². The van der Waals surface area contributed by atoms with Crippen LogP contribution in [0.5, 0.6) is 0 Å². The number of hydrogen-bond donors (Lipinski definition) is 0. The Morgan fingerprint density at radius 3 is 2.44 bits per heavy atom. The summed E-state index contributed by atoms with van der Waals surface area (Å²) in [4.78, 5) is 5.85. The fourth-order valence-electron chi connectivity index (χ4n) is 1.94. The molecule has 0 radical (unpaired) electrons. The second kappa shape index (κ2) is 4.72. The van der Waals surface area contributed by atoms with Gasteiger partial charge in [0.15, 0.2) is 0 Å². The number of hydrogen-bond acceptors (Lipinski definition) is 2. The molecule has 1 fully saturated rings. The van der Waals surface area contributed by atoms with Gasteiger partial charge in [-0.25, -0.2) is 18.2 Å². The molecule has 0 N–H and O–H groups in total. The van der Waals surface area contributed by atoms with Crippen LogP contribution in [0.3, 0.4) is 0 Å². The topological polar surface area (TPSA) is 16.1 Å². The Balaban J connectivity index is 1.96. The Morgan fingerprint density at radius 1 is 1.25 bits per heavy atom. The van der Waals surface area contributed by atoms with Gasteiger partial charge in [0.2, 0.25) is 6.43 Å². The molecule has 88 valence electrons. The molecule has 2 nitrogen and oxygen atoms in total. The lowest BCUT2D eigenvalue weighted by atomic mass is 9.97. The molecular weight excluding hydrogens is 217 g/mol. The van der Waals surface area contributed by atoms with E-state index in [1.54, 1.807) is 6.07 Å². The SMILES string of the molecule is Fc1ccc(N2CCC(C(F)F)CC2)nc1. The van der Waals surface area contributed by atoms with Gasteiger partial charge in [-0.2, -0.15) is 0 Å². The van der Waals surface area contributed by atoms with E-state index in [1.807, 2.05) is 4.90 Å². The average molecular weight is 230 g/mol. The van der Waals surface area contributed by atoms with Crippen LogP contribution in [0.4, 0.5) is 19.0 Å². The summed E-state index contributed by atoms with van der Waals surface area (Å²) < 4.78 is 37.5. The number of alkyl halides is 2. The molecule has 0 amide bonds.